The van der Waals surface area contributed by atoms with Gasteiger partial charge in [-0.25, -0.2) is 4.99 Å². The highest BCUT2D eigenvalue weighted by atomic mass is 16.3. The SMILES string of the molecule is C=C(C)NC(C)=N/C(C)=C\CCC(O)C1CC1. The van der Waals surface area contributed by atoms with Crippen LogP contribution in [-0.4, -0.2) is 17.0 Å². The van der Waals surface area contributed by atoms with Crippen LogP contribution in [0.2, 0.25) is 0 Å². The maximum absolute atomic E-state index is 9.71. The van der Waals surface area contributed by atoms with Crippen LogP contribution in [0.5, 0.6) is 0 Å². The van der Waals surface area contributed by atoms with Crippen molar-refractivity contribution in [2.75, 3.05) is 0 Å². The van der Waals surface area contributed by atoms with Gasteiger partial charge in [0.05, 0.1) is 6.10 Å². The number of aliphatic imine (C=N–C) groups is 1. The molecule has 1 aliphatic rings. The maximum atomic E-state index is 9.71. The maximum Gasteiger partial charge on any atom is 0.103 e. The van der Waals surface area contributed by atoms with Crippen LogP contribution in [0.3, 0.4) is 0 Å². The van der Waals surface area contributed by atoms with Gasteiger partial charge in [0, 0.05) is 11.4 Å². The predicted molar refractivity (Wildman–Crippen MR) is 72.8 cm³/mol. The van der Waals surface area contributed by atoms with Crippen molar-refractivity contribution in [3.8, 4) is 0 Å². The van der Waals surface area contributed by atoms with E-state index in [1.165, 1.54) is 12.8 Å². The first kappa shape index (κ1) is 14.0. The molecule has 0 aromatic rings. The van der Waals surface area contributed by atoms with E-state index in [0.717, 1.165) is 30.1 Å². The van der Waals surface area contributed by atoms with Gasteiger partial charge in [0.15, 0.2) is 0 Å². The Kier molecular flexibility index (Phi) is 5.42. The summed E-state index contributed by atoms with van der Waals surface area (Å²) in [4.78, 5) is 4.40. The highest BCUT2D eigenvalue weighted by Crippen LogP contribution is 2.34. The summed E-state index contributed by atoms with van der Waals surface area (Å²) < 4.78 is 0. The zero-order chi connectivity index (χ0) is 12.8. The second-order valence-corrected chi connectivity index (χ2v) is 4.93. The zero-order valence-electron chi connectivity index (χ0n) is 11.2. The molecule has 0 saturated heterocycles. The normalized spacial score (nSPS) is 19.1. The predicted octanol–water partition coefficient (Wildman–Crippen LogP) is 2.98. The number of nitrogens with one attached hydrogen (secondary N) is 1. The minimum absolute atomic E-state index is 0.113. The van der Waals surface area contributed by atoms with Crippen LogP contribution in [0.15, 0.2) is 29.0 Å². The van der Waals surface area contributed by atoms with Gasteiger partial charge in [0.1, 0.15) is 5.84 Å². The topological polar surface area (TPSA) is 44.6 Å². The molecule has 96 valence electrons. The Morgan fingerprint density at radius 2 is 2.12 bits per heavy atom. The Morgan fingerprint density at radius 1 is 1.47 bits per heavy atom. The van der Waals surface area contributed by atoms with E-state index < -0.39 is 0 Å². The fourth-order valence-corrected chi connectivity index (χ4v) is 1.83. The van der Waals surface area contributed by atoms with E-state index >= 15 is 0 Å². The van der Waals surface area contributed by atoms with Gasteiger partial charge >= 0.3 is 0 Å². The minimum Gasteiger partial charge on any atom is -0.393 e. The van der Waals surface area contributed by atoms with E-state index in [-0.39, 0.29) is 6.10 Å². The third-order valence-electron chi connectivity index (χ3n) is 2.81. The molecule has 1 fully saturated rings. The van der Waals surface area contributed by atoms with Crippen LogP contribution in [0.1, 0.15) is 46.5 Å². The summed E-state index contributed by atoms with van der Waals surface area (Å²) in [7, 11) is 0. The third kappa shape index (κ3) is 6.27. The molecule has 3 nitrogen and oxygen atoms in total. The average molecular weight is 236 g/mol. The van der Waals surface area contributed by atoms with Gasteiger partial charge in [-0.05, 0) is 52.4 Å². The van der Waals surface area contributed by atoms with Crippen LogP contribution in [0.4, 0.5) is 0 Å². The second kappa shape index (κ2) is 6.60. The fraction of sp³-hybridized carbons (Fsp3) is 0.643. The van der Waals surface area contributed by atoms with Crippen LogP contribution >= 0.6 is 0 Å². The quantitative estimate of drug-likeness (QED) is 0.550. The molecule has 3 heteroatoms. The van der Waals surface area contributed by atoms with Crippen molar-refractivity contribution in [2.45, 2.75) is 52.6 Å². The van der Waals surface area contributed by atoms with Crippen LogP contribution in [0, 0.1) is 5.92 Å². The minimum atomic E-state index is -0.113. The first-order valence-corrected chi connectivity index (χ1v) is 6.31. The molecule has 0 bridgehead atoms. The van der Waals surface area contributed by atoms with E-state index in [1.807, 2.05) is 20.8 Å². The molecule has 0 spiro atoms. The summed E-state index contributed by atoms with van der Waals surface area (Å²) in [6, 6.07) is 0. The molecular formula is C14H24N2O. The van der Waals surface area contributed by atoms with Crippen LogP contribution in [0.25, 0.3) is 0 Å². The van der Waals surface area contributed by atoms with E-state index in [1.54, 1.807) is 0 Å². The molecule has 0 amide bonds. The molecule has 1 atom stereocenters. The molecule has 1 aliphatic carbocycles. The largest absolute Gasteiger partial charge is 0.393 e. The lowest BCUT2D eigenvalue weighted by Crippen LogP contribution is -2.17. The number of amidine groups is 1. The molecule has 1 saturated carbocycles. The van der Waals surface area contributed by atoms with Crippen molar-refractivity contribution in [1.29, 1.82) is 0 Å². The Morgan fingerprint density at radius 3 is 2.65 bits per heavy atom. The Bertz CT molecular complexity index is 327. The van der Waals surface area contributed by atoms with Crippen molar-refractivity contribution in [3.63, 3.8) is 0 Å². The number of rotatable bonds is 6. The highest BCUT2D eigenvalue weighted by Gasteiger charge is 2.28. The van der Waals surface area contributed by atoms with Gasteiger partial charge in [-0.2, -0.15) is 0 Å². The van der Waals surface area contributed by atoms with E-state index in [4.69, 9.17) is 0 Å². The summed E-state index contributed by atoms with van der Waals surface area (Å²) in [5.74, 6) is 1.42. The van der Waals surface area contributed by atoms with Crippen molar-refractivity contribution < 1.29 is 5.11 Å². The van der Waals surface area contributed by atoms with Gasteiger partial charge < -0.3 is 10.4 Å². The Hall–Kier alpha value is -1.09. The first-order chi connectivity index (χ1) is 7.99. The number of allylic oxidation sites excluding steroid dienone is 3. The molecule has 1 unspecified atom stereocenters. The number of aliphatic hydroxyl groups excluding tert-OH is 1. The lowest BCUT2D eigenvalue weighted by molar-refractivity contribution is 0.142. The smallest absolute Gasteiger partial charge is 0.103 e. The molecule has 0 aromatic carbocycles. The van der Waals surface area contributed by atoms with Crippen molar-refractivity contribution in [3.05, 3.63) is 24.0 Å². The summed E-state index contributed by atoms with van der Waals surface area (Å²) in [5, 5.41) is 12.8. The first-order valence-electron chi connectivity index (χ1n) is 6.31. The van der Waals surface area contributed by atoms with Crippen molar-refractivity contribution in [2.24, 2.45) is 10.9 Å². The zero-order valence-corrected chi connectivity index (χ0v) is 11.2. The highest BCUT2D eigenvalue weighted by molar-refractivity contribution is 5.81. The van der Waals surface area contributed by atoms with E-state index in [2.05, 4.69) is 23.0 Å². The Labute approximate surface area is 104 Å². The van der Waals surface area contributed by atoms with E-state index in [0.29, 0.717) is 5.92 Å². The lowest BCUT2D eigenvalue weighted by atomic mass is 10.1. The molecular weight excluding hydrogens is 212 g/mol. The van der Waals surface area contributed by atoms with Gasteiger partial charge in [-0.15, -0.1) is 0 Å². The second-order valence-electron chi connectivity index (χ2n) is 4.93. The van der Waals surface area contributed by atoms with Crippen molar-refractivity contribution >= 4 is 5.84 Å². The Balaban J connectivity index is 2.29. The number of hydrogen-bond donors (Lipinski definition) is 2. The molecule has 0 aliphatic heterocycles. The summed E-state index contributed by atoms with van der Waals surface area (Å²) >= 11 is 0. The number of hydrogen-bond acceptors (Lipinski definition) is 2. The molecule has 2 N–H and O–H groups in total. The number of nitrogens with zero attached hydrogens (tertiary/aromatic N) is 1. The molecule has 17 heavy (non-hydrogen) atoms. The molecule has 0 radical (unpaired) electrons. The molecule has 0 heterocycles. The standard InChI is InChI=1S/C14H24N2O/c1-10(2)15-12(4)16-11(3)6-5-7-14(17)13-8-9-13/h6,13-14,17H,1,5,7-9H2,2-4H3,(H,15,16)/b11-6-. The van der Waals surface area contributed by atoms with Gasteiger partial charge in [-0.1, -0.05) is 12.7 Å². The van der Waals surface area contributed by atoms with Gasteiger partial charge in [-0.3, -0.25) is 0 Å². The van der Waals surface area contributed by atoms with E-state index in [9.17, 15) is 5.11 Å². The summed E-state index contributed by atoms with van der Waals surface area (Å²) in [6.45, 7) is 9.58. The van der Waals surface area contributed by atoms with Crippen LogP contribution < -0.4 is 5.32 Å². The third-order valence-corrected chi connectivity index (χ3v) is 2.81. The number of aliphatic hydroxyl groups is 1. The fourth-order valence-electron chi connectivity index (χ4n) is 1.83. The monoisotopic (exact) mass is 236 g/mol. The van der Waals surface area contributed by atoms with Crippen LogP contribution in [-0.2, 0) is 0 Å². The average Bonchev–Trinajstić information content (AvgIpc) is 2.98. The molecule has 0 aromatic heterocycles. The lowest BCUT2D eigenvalue weighted by Gasteiger charge is -2.07. The van der Waals surface area contributed by atoms with Gasteiger partial charge in [0.2, 0.25) is 0 Å². The summed E-state index contributed by atoms with van der Waals surface area (Å²) in [5.41, 5.74) is 1.88. The van der Waals surface area contributed by atoms with Gasteiger partial charge in [0.25, 0.3) is 0 Å². The summed E-state index contributed by atoms with van der Waals surface area (Å²) in [6.07, 6.45) is 6.11. The molecule has 1 rings (SSSR count). The van der Waals surface area contributed by atoms with Crippen molar-refractivity contribution in [1.82, 2.24) is 5.32 Å².